The number of hydrogen-bond donors (Lipinski definition) is 1. The SMILES string of the molecule is CNC1C(Oc2ccc(C)cc2C)CCC1(C)C. The maximum absolute atomic E-state index is 6.24. The van der Waals surface area contributed by atoms with Gasteiger partial charge in [0.15, 0.2) is 0 Å². The van der Waals surface area contributed by atoms with Crippen LogP contribution >= 0.6 is 0 Å². The molecule has 0 aliphatic heterocycles. The zero-order valence-corrected chi connectivity index (χ0v) is 12.2. The average Bonchev–Trinajstić information content (AvgIpc) is 2.57. The van der Waals surface area contributed by atoms with Gasteiger partial charge in [0.25, 0.3) is 0 Å². The zero-order chi connectivity index (χ0) is 13.3. The van der Waals surface area contributed by atoms with Gasteiger partial charge in [0.2, 0.25) is 0 Å². The first-order chi connectivity index (χ1) is 8.44. The molecule has 1 aliphatic carbocycles. The summed E-state index contributed by atoms with van der Waals surface area (Å²) in [6.45, 7) is 8.88. The molecule has 0 radical (unpaired) electrons. The van der Waals surface area contributed by atoms with Crippen LogP contribution in [0.4, 0.5) is 0 Å². The molecule has 2 rings (SSSR count). The van der Waals surface area contributed by atoms with Crippen LogP contribution in [0.3, 0.4) is 0 Å². The van der Waals surface area contributed by atoms with Crippen LogP contribution in [-0.2, 0) is 0 Å². The topological polar surface area (TPSA) is 21.3 Å². The van der Waals surface area contributed by atoms with Crippen molar-refractivity contribution >= 4 is 0 Å². The van der Waals surface area contributed by atoms with E-state index in [0.29, 0.717) is 11.5 Å². The first-order valence-corrected chi connectivity index (χ1v) is 6.85. The summed E-state index contributed by atoms with van der Waals surface area (Å²) in [4.78, 5) is 0. The fraction of sp³-hybridized carbons (Fsp3) is 0.625. The Morgan fingerprint density at radius 2 is 2.00 bits per heavy atom. The molecule has 2 atom stereocenters. The van der Waals surface area contributed by atoms with Gasteiger partial charge in [0.1, 0.15) is 11.9 Å². The van der Waals surface area contributed by atoms with Gasteiger partial charge in [-0.3, -0.25) is 0 Å². The van der Waals surface area contributed by atoms with Crippen LogP contribution in [-0.4, -0.2) is 19.2 Å². The molecule has 2 nitrogen and oxygen atoms in total. The number of ether oxygens (including phenoxy) is 1. The number of likely N-dealkylation sites (N-methyl/N-ethyl adjacent to an activating group) is 1. The van der Waals surface area contributed by atoms with E-state index in [0.717, 1.165) is 12.2 Å². The minimum atomic E-state index is 0.284. The number of rotatable bonds is 3. The normalized spacial score (nSPS) is 26.3. The second-order valence-corrected chi connectivity index (χ2v) is 6.22. The van der Waals surface area contributed by atoms with Crippen molar-refractivity contribution < 1.29 is 4.74 Å². The van der Waals surface area contributed by atoms with Crippen molar-refractivity contribution in [3.8, 4) is 5.75 Å². The Bertz CT molecular complexity index is 425. The third-order valence-electron chi connectivity index (χ3n) is 4.21. The van der Waals surface area contributed by atoms with E-state index in [1.807, 2.05) is 7.05 Å². The van der Waals surface area contributed by atoms with Gasteiger partial charge < -0.3 is 10.1 Å². The predicted molar refractivity (Wildman–Crippen MR) is 76.2 cm³/mol. The van der Waals surface area contributed by atoms with E-state index in [2.05, 4.69) is 51.2 Å². The lowest BCUT2D eigenvalue weighted by Gasteiger charge is -2.30. The van der Waals surface area contributed by atoms with Gasteiger partial charge >= 0.3 is 0 Å². The molecule has 0 bridgehead atoms. The molecule has 0 spiro atoms. The molecule has 1 aromatic carbocycles. The Balaban J connectivity index is 2.14. The maximum Gasteiger partial charge on any atom is 0.122 e. The van der Waals surface area contributed by atoms with Gasteiger partial charge in [-0.25, -0.2) is 0 Å². The first-order valence-electron chi connectivity index (χ1n) is 6.85. The second kappa shape index (κ2) is 4.93. The van der Waals surface area contributed by atoms with Crippen LogP contribution in [0.25, 0.3) is 0 Å². The summed E-state index contributed by atoms with van der Waals surface area (Å²) in [5, 5.41) is 3.43. The Morgan fingerprint density at radius 1 is 1.28 bits per heavy atom. The zero-order valence-electron chi connectivity index (χ0n) is 12.2. The quantitative estimate of drug-likeness (QED) is 0.883. The van der Waals surface area contributed by atoms with E-state index in [9.17, 15) is 0 Å². The highest BCUT2D eigenvalue weighted by atomic mass is 16.5. The van der Waals surface area contributed by atoms with Crippen molar-refractivity contribution in [1.82, 2.24) is 5.32 Å². The van der Waals surface area contributed by atoms with Crippen LogP contribution < -0.4 is 10.1 Å². The lowest BCUT2D eigenvalue weighted by molar-refractivity contribution is 0.145. The molecule has 1 saturated carbocycles. The van der Waals surface area contributed by atoms with Crippen molar-refractivity contribution in [2.24, 2.45) is 5.41 Å². The first kappa shape index (κ1) is 13.4. The molecule has 100 valence electrons. The molecule has 0 amide bonds. The summed E-state index contributed by atoms with van der Waals surface area (Å²) in [7, 11) is 2.04. The highest BCUT2D eigenvalue weighted by Crippen LogP contribution is 2.39. The van der Waals surface area contributed by atoms with Gasteiger partial charge in [0.05, 0.1) is 0 Å². The summed E-state index contributed by atoms with van der Waals surface area (Å²) in [5.41, 5.74) is 2.84. The summed E-state index contributed by atoms with van der Waals surface area (Å²) < 4.78 is 6.24. The molecule has 1 aromatic rings. The Labute approximate surface area is 111 Å². The largest absolute Gasteiger partial charge is 0.489 e. The van der Waals surface area contributed by atoms with Gasteiger partial charge in [-0.2, -0.15) is 0 Å². The van der Waals surface area contributed by atoms with E-state index in [1.165, 1.54) is 17.5 Å². The third-order valence-corrected chi connectivity index (χ3v) is 4.21. The van der Waals surface area contributed by atoms with Crippen molar-refractivity contribution in [3.05, 3.63) is 29.3 Å². The van der Waals surface area contributed by atoms with Crippen LogP contribution in [0.15, 0.2) is 18.2 Å². The van der Waals surface area contributed by atoms with E-state index in [4.69, 9.17) is 4.74 Å². The van der Waals surface area contributed by atoms with Gasteiger partial charge in [-0.15, -0.1) is 0 Å². The van der Waals surface area contributed by atoms with Crippen molar-refractivity contribution in [2.75, 3.05) is 7.05 Å². The summed E-state index contributed by atoms with van der Waals surface area (Å²) >= 11 is 0. The average molecular weight is 247 g/mol. The van der Waals surface area contributed by atoms with Crippen molar-refractivity contribution in [3.63, 3.8) is 0 Å². The van der Waals surface area contributed by atoms with Crippen LogP contribution in [0.5, 0.6) is 5.75 Å². The number of nitrogens with one attached hydrogen (secondary N) is 1. The number of aryl methyl sites for hydroxylation is 2. The fourth-order valence-corrected chi connectivity index (χ4v) is 3.14. The summed E-state index contributed by atoms with van der Waals surface area (Å²) in [5.74, 6) is 1.03. The van der Waals surface area contributed by atoms with Gasteiger partial charge in [-0.05, 0) is 50.8 Å². The fourth-order valence-electron chi connectivity index (χ4n) is 3.14. The monoisotopic (exact) mass is 247 g/mol. The summed E-state index contributed by atoms with van der Waals surface area (Å²) in [6.07, 6.45) is 2.63. The second-order valence-electron chi connectivity index (χ2n) is 6.22. The Kier molecular flexibility index (Phi) is 3.67. The number of hydrogen-bond acceptors (Lipinski definition) is 2. The molecule has 2 unspecified atom stereocenters. The molecule has 1 aliphatic rings. The Hall–Kier alpha value is -1.02. The van der Waals surface area contributed by atoms with Crippen LogP contribution in [0.2, 0.25) is 0 Å². The van der Waals surface area contributed by atoms with Crippen LogP contribution in [0, 0.1) is 19.3 Å². The van der Waals surface area contributed by atoms with Gasteiger partial charge in [-0.1, -0.05) is 31.5 Å². The lowest BCUT2D eigenvalue weighted by Crippen LogP contribution is -2.44. The van der Waals surface area contributed by atoms with Crippen molar-refractivity contribution in [2.45, 2.75) is 52.7 Å². The molecule has 1 fully saturated rings. The molecule has 18 heavy (non-hydrogen) atoms. The third kappa shape index (κ3) is 2.54. The molecule has 0 heterocycles. The van der Waals surface area contributed by atoms with Crippen molar-refractivity contribution in [1.29, 1.82) is 0 Å². The molecular weight excluding hydrogens is 222 g/mol. The van der Waals surface area contributed by atoms with E-state index >= 15 is 0 Å². The highest BCUT2D eigenvalue weighted by Gasteiger charge is 2.42. The molecule has 0 saturated heterocycles. The van der Waals surface area contributed by atoms with E-state index < -0.39 is 0 Å². The maximum atomic E-state index is 6.24. The molecule has 0 aromatic heterocycles. The van der Waals surface area contributed by atoms with E-state index in [1.54, 1.807) is 0 Å². The summed E-state index contributed by atoms with van der Waals surface area (Å²) in [6, 6.07) is 6.83. The molecule has 1 N–H and O–H groups in total. The van der Waals surface area contributed by atoms with E-state index in [-0.39, 0.29) is 6.10 Å². The molecular formula is C16H25NO. The standard InChI is InChI=1S/C16H25NO/c1-11-6-7-13(12(2)10-11)18-14-8-9-16(3,4)15(14)17-5/h6-7,10,14-15,17H,8-9H2,1-5H3. The number of benzene rings is 1. The van der Waals surface area contributed by atoms with Gasteiger partial charge in [0, 0.05) is 6.04 Å². The highest BCUT2D eigenvalue weighted by molar-refractivity contribution is 5.36. The minimum absolute atomic E-state index is 0.284. The minimum Gasteiger partial charge on any atom is -0.489 e. The van der Waals surface area contributed by atoms with Crippen LogP contribution in [0.1, 0.15) is 37.8 Å². The molecule has 2 heteroatoms. The lowest BCUT2D eigenvalue weighted by atomic mass is 9.87. The smallest absolute Gasteiger partial charge is 0.122 e. The Morgan fingerprint density at radius 3 is 2.61 bits per heavy atom. The predicted octanol–water partition coefficient (Wildman–Crippen LogP) is 3.46.